The SMILES string of the molecule is CCNCCOc1cc(C)ccc1C#N. The molecule has 15 heavy (non-hydrogen) atoms. The van der Waals surface area contributed by atoms with E-state index in [1.807, 2.05) is 26.0 Å². The van der Waals surface area contributed by atoms with Crippen molar-refractivity contribution in [2.75, 3.05) is 19.7 Å². The molecule has 1 aromatic rings. The topological polar surface area (TPSA) is 45.0 Å². The van der Waals surface area contributed by atoms with Gasteiger partial charge >= 0.3 is 0 Å². The Morgan fingerprint density at radius 3 is 2.93 bits per heavy atom. The van der Waals surface area contributed by atoms with E-state index in [2.05, 4.69) is 11.4 Å². The summed E-state index contributed by atoms with van der Waals surface area (Å²) in [5.74, 6) is 0.676. The molecule has 0 aliphatic heterocycles. The minimum Gasteiger partial charge on any atom is -0.491 e. The standard InChI is InChI=1S/C12H16N2O/c1-3-14-6-7-15-12-8-10(2)4-5-11(12)9-13/h4-5,8,14H,3,6-7H2,1-2H3. The first-order chi connectivity index (χ1) is 7.27. The molecule has 1 aromatic carbocycles. The zero-order chi connectivity index (χ0) is 11.1. The summed E-state index contributed by atoms with van der Waals surface area (Å²) in [6.07, 6.45) is 0. The van der Waals surface area contributed by atoms with E-state index >= 15 is 0 Å². The molecule has 0 spiro atoms. The number of hydrogen-bond donors (Lipinski definition) is 1. The molecule has 0 atom stereocenters. The van der Waals surface area contributed by atoms with Crippen molar-refractivity contribution >= 4 is 0 Å². The van der Waals surface area contributed by atoms with Crippen LogP contribution in [0.15, 0.2) is 18.2 Å². The van der Waals surface area contributed by atoms with Crippen molar-refractivity contribution in [2.24, 2.45) is 0 Å². The van der Waals surface area contributed by atoms with E-state index in [1.165, 1.54) is 0 Å². The van der Waals surface area contributed by atoms with Crippen molar-refractivity contribution < 1.29 is 4.74 Å². The molecule has 0 fully saturated rings. The first kappa shape index (κ1) is 11.5. The fraction of sp³-hybridized carbons (Fsp3) is 0.417. The average Bonchev–Trinajstić information content (AvgIpc) is 2.25. The molecule has 0 bridgehead atoms. The van der Waals surface area contributed by atoms with Crippen molar-refractivity contribution in [1.82, 2.24) is 5.32 Å². The minimum absolute atomic E-state index is 0.589. The summed E-state index contributed by atoms with van der Waals surface area (Å²) in [6.45, 7) is 6.36. The number of rotatable bonds is 5. The summed E-state index contributed by atoms with van der Waals surface area (Å²) >= 11 is 0. The van der Waals surface area contributed by atoms with Crippen molar-refractivity contribution in [3.05, 3.63) is 29.3 Å². The maximum Gasteiger partial charge on any atom is 0.137 e. The number of nitrogens with zero attached hydrogens (tertiary/aromatic N) is 1. The monoisotopic (exact) mass is 204 g/mol. The van der Waals surface area contributed by atoms with E-state index in [-0.39, 0.29) is 0 Å². The molecular formula is C12H16N2O. The first-order valence-corrected chi connectivity index (χ1v) is 5.12. The highest BCUT2D eigenvalue weighted by molar-refractivity contribution is 5.44. The summed E-state index contributed by atoms with van der Waals surface area (Å²) in [5, 5.41) is 12.0. The van der Waals surface area contributed by atoms with Gasteiger partial charge in [0.1, 0.15) is 18.4 Å². The van der Waals surface area contributed by atoms with Crippen molar-refractivity contribution in [2.45, 2.75) is 13.8 Å². The zero-order valence-corrected chi connectivity index (χ0v) is 9.21. The molecule has 0 heterocycles. The molecule has 1 N–H and O–H groups in total. The Hall–Kier alpha value is -1.53. The third-order valence-electron chi connectivity index (χ3n) is 2.04. The summed E-state index contributed by atoms with van der Waals surface area (Å²) in [6, 6.07) is 7.71. The summed E-state index contributed by atoms with van der Waals surface area (Å²) in [4.78, 5) is 0. The lowest BCUT2D eigenvalue weighted by Gasteiger charge is -2.08. The van der Waals surface area contributed by atoms with Gasteiger partial charge in [-0.2, -0.15) is 5.26 Å². The van der Waals surface area contributed by atoms with Crippen LogP contribution in [0.3, 0.4) is 0 Å². The van der Waals surface area contributed by atoms with Crippen LogP contribution in [0.1, 0.15) is 18.1 Å². The highest BCUT2D eigenvalue weighted by Crippen LogP contribution is 2.18. The maximum atomic E-state index is 8.87. The number of likely N-dealkylation sites (N-methyl/N-ethyl adjacent to an activating group) is 1. The molecule has 0 radical (unpaired) electrons. The van der Waals surface area contributed by atoms with E-state index in [0.29, 0.717) is 17.9 Å². The largest absolute Gasteiger partial charge is 0.491 e. The molecule has 0 amide bonds. The van der Waals surface area contributed by atoms with Crippen LogP contribution in [0, 0.1) is 18.3 Å². The van der Waals surface area contributed by atoms with E-state index in [0.717, 1.165) is 18.7 Å². The van der Waals surface area contributed by atoms with Crippen LogP contribution in [-0.4, -0.2) is 19.7 Å². The van der Waals surface area contributed by atoms with Gasteiger partial charge in [-0.1, -0.05) is 13.0 Å². The average molecular weight is 204 g/mol. The maximum absolute atomic E-state index is 8.87. The molecule has 0 aromatic heterocycles. The van der Waals surface area contributed by atoms with Gasteiger partial charge in [-0.3, -0.25) is 0 Å². The Morgan fingerprint density at radius 2 is 2.27 bits per heavy atom. The number of aryl methyl sites for hydroxylation is 1. The Balaban J connectivity index is 2.59. The number of hydrogen-bond acceptors (Lipinski definition) is 3. The number of ether oxygens (including phenoxy) is 1. The number of benzene rings is 1. The van der Waals surface area contributed by atoms with E-state index in [1.54, 1.807) is 6.07 Å². The van der Waals surface area contributed by atoms with Crippen molar-refractivity contribution in [3.63, 3.8) is 0 Å². The van der Waals surface area contributed by atoms with Gasteiger partial charge in [0.15, 0.2) is 0 Å². The fourth-order valence-electron chi connectivity index (χ4n) is 1.25. The van der Waals surface area contributed by atoms with Crippen LogP contribution >= 0.6 is 0 Å². The number of nitrogens with one attached hydrogen (secondary N) is 1. The first-order valence-electron chi connectivity index (χ1n) is 5.12. The highest BCUT2D eigenvalue weighted by atomic mass is 16.5. The Bertz CT molecular complexity index is 355. The minimum atomic E-state index is 0.589. The third-order valence-corrected chi connectivity index (χ3v) is 2.04. The highest BCUT2D eigenvalue weighted by Gasteiger charge is 2.02. The molecule has 0 unspecified atom stereocenters. The van der Waals surface area contributed by atoms with Crippen LogP contribution in [0.4, 0.5) is 0 Å². The van der Waals surface area contributed by atoms with Gasteiger partial charge < -0.3 is 10.1 Å². The van der Waals surface area contributed by atoms with Gasteiger partial charge in [-0.05, 0) is 31.2 Å². The van der Waals surface area contributed by atoms with Gasteiger partial charge in [-0.15, -0.1) is 0 Å². The van der Waals surface area contributed by atoms with Crippen LogP contribution < -0.4 is 10.1 Å². The summed E-state index contributed by atoms with van der Waals surface area (Å²) in [5.41, 5.74) is 1.70. The van der Waals surface area contributed by atoms with Crippen LogP contribution in [-0.2, 0) is 0 Å². The normalized spacial score (nSPS) is 9.67. The molecule has 0 saturated carbocycles. The predicted molar refractivity (Wildman–Crippen MR) is 59.9 cm³/mol. The molecule has 80 valence electrons. The molecule has 0 aliphatic carbocycles. The molecule has 0 saturated heterocycles. The fourth-order valence-corrected chi connectivity index (χ4v) is 1.25. The molecular weight excluding hydrogens is 188 g/mol. The summed E-state index contributed by atoms with van der Waals surface area (Å²) < 4.78 is 5.53. The lowest BCUT2D eigenvalue weighted by Crippen LogP contribution is -2.20. The van der Waals surface area contributed by atoms with Gasteiger partial charge in [0, 0.05) is 6.54 Å². The van der Waals surface area contributed by atoms with E-state index in [4.69, 9.17) is 10.00 Å². The lowest BCUT2D eigenvalue weighted by atomic mass is 10.1. The van der Waals surface area contributed by atoms with Crippen molar-refractivity contribution in [3.8, 4) is 11.8 Å². The van der Waals surface area contributed by atoms with Gasteiger partial charge in [-0.25, -0.2) is 0 Å². The second-order valence-corrected chi connectivity index (χ2v) is 3.31. The summed E-state index contributed by atoms with van der Waals surface area (Å²) in [7, 11) is 0. The van der Waals surface area contributed by atoms with E-state index in [9.17, 15) is 0 Å². The lowest BCUT2D eigenvalue weighted by molar-refractivity contribution is 0.314. The zero-order valence-electron chi connectivity index (χ0n) is 9.21. The molecule has 0 aliphatic rings. The molecule has 1 rings (SSSR count). The second-order valence-electron chi connectivity index (χ2n) is 3.31. The third kappa shape index (κ3) is 3.61. The second kappa shape index (κ2) is 6.05. The smallest absolute Gasteiger partial charge is 0.137 e. The molecule has 3 nitrogen and oxygen atoms in total. The van der Waals surface area contributed by atoms with Gasteiger partial charge in [0.25, 0.3) is 0 Å². The van der Waals surface area contributed by atoms with Crippen LogP contribution in [0.2, 0.25) is 0 Å². The van der Waals surface area contributed by atoms with Gasteiger partial charge in [0.05, 0.1) is 5.56 Å². The number of nitriles is 1. The van der Waals surface area contributed by atoms with Crippen molar-refractivity contribution in [1.29, 1.82) is 5.26 Å². The van der Waals surface area contributed by atoms with Crippen LogP contribution in [0.25, 0.3) is 0 Å². The predicted octanol–water partition coefficient (Wildman–Crippen LogP) is 1.85. The van der Waals surface area contributed by atoms with E-state index < -0.39 is 0 Å². The van der Waals surface area contributed by atoms with Crippen LogP contribution in [0.5, 0.6) is 5.75 Å². The molecule has 3 heteroatoms. The quantitative estimate of drug-likeness (QED) is 0.744. The Labute approximate surface area is 90.7 Å². The Kier molecular flexibility index (Phi) is 4.65. The van der Waals surface area contributed by atoms with Gasteiger partial charge in [0.2, 0.25) is 0 Å². The Morgan fingerprint density at radius 1 is 1.47 bits per heavy atom.